The lowest BCUT2D eigenvalue weighted by molar-refractivity contribution is -0.120. The highest BCUT2D eigenvalue weighted by Crippen LogP contribution is 2.24. The zero-order valence-electron chi connectivity index (χ0n) is 8.52. The normalized spacial score (nSPS) is 20.5. The highest BCUT2D eigenvalue weighted by Gasteiger charge is 2.23. The summed E-state index contributed by atoms with van der Waals surface area (Å²) in [7, 11) is 0. The molecule has 1 aromatic rings. The lowest BCUT2D eigenvalue weighted by Crippen LogP contribution is -2.10. The van der Waals surface area contributed by atoms with Crippen LogP contribution >= 0.6 is 0 Å². The summed E-state index contributed by atoms with van der Waals surface area (Å²) in [5, 5.41) is 12.7. The van der Waals surface area contributed by atoms with Crippen molar-refractivity contribution in [2.75, 3.05) is 0 Å². The van der Waals surface area contributed by atoms with Crippen LogP contribution in [0.2, 0.25) is 0 Å². The van der Waals surface area contributed by atoms with Crippen LogP contribution in [0.25, 0.3) is 0 Å². The summed E-state index contributed by atoms with van der Waals surface area (Å²) in [6.07, 6.45) is 6.92. The van der Waals surface area contributed by atoms with Crippen LogP contribution in [0, 0.1) is 17.2 Å². The number of Topliss-reactive ketones (excluding diaryl/α,β-unsaturated/α-hetero) is 1. The van der Waals surface area contributed by atoms with Crippen molar-refractivity contribution in [3.63, 3.8) is 0 Å². The lowest BCUT2D eigenvalue weighted by Gasteiger charge is -2.06. The standard InChI is InChI=1S/C11H13N3O/c12-6-9-7-13-14(8-9)5-4-10-2-1-3-11(10)15/h7-8,10H,1-5H2. The van der Waals surface area contributed by atoms with Crippen LogP contribution < -0.4 is 0 Å². The van der Waals surface area contributed by atoms with Crippen molar-refractivity contribution < 1.29 is 4.79 Å². The average molecular weight is 203 g/mol. The van der Waals surface area contributed by atoms with Crippen molar-refractivity contribution in [3.8, 4) is 6.07 Å². The zero-order chi connectivity index (χ0) is 10.7. The van der Waals surface area contributed by atoms with Crippen LogP contribution in [-0.2, 0) is 11.3 Å². The fourth-order valence-electron chi connectivity index (χ4n) is 2.02. The smallest absolute Gasteiger partial charge is 0.136 e. The molecule has 1 aliphatic carbocycles. The molecular formula is C11H13N3O. The van der Waals surface area contributed by atoms with Gasteiger partial charge in [0.25, 0.3) is 0 Å². The number of rotatable bonds is 3. The molecule has 0 bridgehead atoms. The van der Waals surface area contributed by atoms with E-state index in [2.05, 4.69) is 5.10 Å². The highest BCUT2D eigenvalue weighted by atomic mass is 16.1. The van der Waals surface area contributed by atoms with Gasteiger partial charge in [-0.15, -0.1) is 0 Å². The maximum atomic E-state index is 11.4. The Kier molecular flexibility index (Phi) is 2.82. The van der Waals surface area contributed by atoms with Crippen molar-refractivity contribution >= 4 is 5.78 Å². The van der Waals surface area contributed by atoms with Gasteiger partial charge in [-0.3, -0.25) is 9.48 Å². The molecule has 0 spiro atoms. The molecule has 4 nitrogen and oxygen atoms in total. The summed E-state index contributed by atoms with van der Waals surface area (Å²) >= 11 is 0. The molecule has 4 heteroatoms. The number of aryl methyl sites for hydroxylation is 1. The van der Waals surface area contributed by atoms with Crippen molar-refractivity contribution in [3.05, 3.63) is 18.0 Å². The molecule has 78 valence electrons. The second kappa shape index (κ2) is 4.26. The maximum Gasteiger partial charge on any atom is 0.136 e. The monoisotopic (exact) mass is 203 g/mol. The first kappa shape index (κ1) is 9.91. The van der Waals surface area contributed by atoms with Gasteiger partial charge in [-0.05, 0) is 19.3 Å². The number of carbonyl (C=O) groups is 1. The minimum atomic E-state index is 0.222. The maximum absolute atomic E-state index is 11.4. The molecule has 1 atom stereocenters. The van der Waals surface area contributed by atoms with Gasteiger partial charge < -0.3 is 0 Å². The fraction of sp³-hybridized carbons (Fsp3) is 0.545. The summed E-state index contributed by atoms with van der Waals surface area (Å²) in [6.45, 7) is 0.734. The van der Waals surface area contributed by atoms with E-state index in [1.54, 1.807) is 17.1 Å². The van der Waals surface area contributed by atoms with Gasteiger partial charge in [-0.25, -0.2) is 0 Å². The molecule has 1 fully saturated rings. The van der Waals surface area contributed by atoms with Crippen molar-refractivity contribution in [2.45, 2.75) is 32.2 Å². The molecule has 0 amide bonds. The van der Waals surface area contributed by atoms with E-state index in [0.717, 1.165) is 32.2 Å². The largest absolute Gasteiger partial charge is 0.299 e. The molecule has 0 aromatic carbocycles. The Hall–Kier alpha value is -1.63. The molecule has 1 unspecified atom stereocenters. The second-order valence-electron chi connectivity index (χ2n) is 3.95. The van der Waals surface area contributed by atoms with E-state index in [-0.39, 0.29) is 5.92 Å². The number of aromatic nitrogens is 2. The summed E-state index contributed by atoms with van der Waals surface area (Å²) in [5.41, 5.74) is 0.577. The van der Waals surface area contributed by atoms with Crippen LogP contribution in [0.5, 0.6) is 0 Å². The van der Waals surface area contributed by atoms with Crippen molar-refractivity contribution in [1.82, 2.24) is 9.78 Å². The van der Waals surface area contributed by atoms with Gasteiger partial charge in [0.2, 0.25) is 0 Å². The Bertz CT molecular complexity index is 402. The highest BCUT2D eigenvalue weighted by molar-refractivity contribution is 5.82. The Morgan fingerprint density at radius 3 is 3.13 bits per heavy atom. The van der Waals surface area contributed by atoms with E-state index in [0.29, 0.717) is 11.3 Å². The van der Waals surface area contributed by atoms with Crippen LogP contribution in [0.3, 0.4) is 0 Å². The predicted molar refractivity (Wildman–Crippen MR) is 53.9 cm³/mol. The molecule has 0 radical (unpaired) electrons. The van der Waals surface area contributed by atoms with Gasteiger partial charge in [-0.1, -0.05) is 0 Å². The van der Waals surface area contributed by atoms with E-state index in [9.17, 15) is 4.79 Å². The minimum Gasteiger partial charge on any atom is -0.299 e. The summed E-state index contributed by atoms with van der Waals surface area (Å²) in [4.78, 5) is 11.4. The van der Waals surface area contributed by atoms with E-state index in [1.807, 2.05) is 6.07 Å². The average Bonchev–Trinajstić information content (AvgIpc) is 2.84. The molecule has 1 aromatic heterocycles. The lowest BCUT2D eigenvalue weighted by atomic mass is 10.0. The topological polar surface area (TPSA) is 58.7 Å². The Balaban J connectivity index is 1.88. The van der Waals surface area contributed by atoms with Crippen LogP contribution in [0.1, 0.15) is 31.2 Å². The first-order chi connectivity index (χ1) is 7.29. The number of nitriles is 1. The molecular weight excluding hydrogens is 190 g/mol. The number of ketones is 1. The SMILES string of the molecule is N#Cc1cnn(CCC2CCCC2=O)c1. The number of hydrogen-bond donors (Lipinski definition) is 0. The second-order valence-corrected chi connectivity index (χ2v) is 3.95. The minimum absolute atomic E-state index is 0.222. The number of hydrogen-bond acceptors (Lipinski definition) is 3. The number of carbonyl (C=O) groups excluding carboxylic acids is 1. The van der Waals surface area contributed by atoms with Crippen LogP contribution in [0.4, 0.5) is 0 Å². The molecule has 2 rings (SSSR count). The molecule has 1 aliphatic rings. The third kappa shape index (κ3) is 2.24. The van der Waals surface area contributed by atoms with E-state index >= 15 is 0 Å². The quantitative estimate of drug-likeness (QED) is 0.748. The molecule has 1 heterocycles. The number of nitrogens with zero attached hydrogens (tertiary/aromatic N) is 3. The third-order valence-electron chi connectivity index (χ3n) is 2.90. The molecule has 1 saturated carbocycles. The first-order valence-corrected chi connectivity index (χ1v) is 5.25. The zero-order valence-corrected chi connectivity index (χ0v) is 8.52. The van der Waals surface area contributed by atoms with Crippen molar-refractivity contribution in [2.24, 2.45) is 5.92 Å². The Labute approximate surface area is 88.5 Å². The Morgan fingerprint density at radius 2 is 2.53 bits per heavy atom. The van der Waals surface area contributed by atoms with Crippen LogP contribution in [0.15, 0.2) is 12.4 Å². The third-order valence-corrected chi connectivity index (χ3v) is 2.90. The molecule has 0 aliphatic heterocycles. The predicted octanol–water partition coefficient (Wildman–Crippen LogP) is 1.51. The van der Waals surface area contributed by atoms with E-state index in [1.165, 1.54) is 0 Å². The van der Waals surface area contributed by atoms with Gasteiger partial charge >= 0.3 is 0 Å². The van der Waals surface area contributed by atoms with Gasteiger partial charge in [0.05, 0.1) is 11.8 Å². The van der Waals surface area contributed by atoms with Gasteiger partial charge in [0.1, 0.15) is 11.9 Å². The van der Waals surface area contributed by atoms with Gasteiger partial charge in [0.15, 0.2) is 0 Å². The molecule has 15 heavy (non-hydrogen) atoms. The summed E-state index contributed by atoms with van der Waals surface area (Å²) in [6, 6.07) is 2.03. The summed E-state index contributed by atoms with van der Waals surface area (Å²) in [5.74, 6) is 0.613. The first-order valence-electron chi connectivity index (χ1n) is 5.25. The van der Waals surface area contributed by atoms with Crippen molar-refractivity contribution in [1.29, 1.82) is 5.26 Å². The van der Waals surface area contributed by atoms with Gasteiger partial charge in [0, 0.05) is 25.1 Å². The molecule has 0 N–H and O–H groups in total. The Morgan fingerprint density at radius 1 is 1.67 bits per heavy atom. The van der Waals surface area contributed by atoms with E-state index in [4.69, 9.17) is 5.26 Å². The summed E-state index contributed by atoms with van der Waals surface area (Å²) < 4.78 is 1.74. The van der Waals surface area contributed by atoms with Crippen LogP contribution in [-0.4, -0.2) is 15.6 Å². The molecule has 0 saturated heterocycles. The van der Waals surface area contributed by atoms with Gasteiger partial charge in [-0.2, -0.15) is 10.4 Å². The van der Waals surface area contributed by atoms with E-state index < -0.39 is 0 Å². The fourth-order valence-corrected chi connectivity index (χ4v) is 2.02.